The molecular weight excluding hydrogens is 248 g/mol. The van der Waals surface area contributed by atoms with Gasteiger partial charge in [0.15, 0.2) is 0 Å². The van der Waals surface area contributed by atoms with Crippen molar-refractivity contribution in [3.63, 3.8) is 0 Å². The second kappa shape index (κ2) is 5.80. The number of hydrogen-bond acceptors (Lipinski definition) is 2. The Morgan fingerprint density at radius 1 is 1.00 bits per heavy atom. The van der Waals surface area contributed by atoms with Crippen LogP contribution in [0.5, 0.6) is 5.75 Å². The first-order chi connectivity index (χ1) is 9.19. The average Bonchev–Trinajstić information content (AvgIpc) is 2.43. The Labute approximate surface area is 111 Å². The Morgan fingerprint density at radius 2 is 1.63 bits per heavy atom. The topological polar surface area (TPSA) is 21.3 Å². The second-order valence-electron chi connectivity index (χ2n) is 4.10. The third kappa shape index (κ3) is 2.58. The molecule has 0 heterocycles. The molecule has 2 nitrogen and oxygen atoms in total. The SMILES string of the molecule is CNC(c1ccccc1OC)c1c(F)cccc1F. The van der Waals surface area contributed by atoms with Crippen molar-refractivity contribution in [3.05, 3.63) is 65.2 Å². The normalized spacial score (nSPS) is 12.2. The third-order valence-electron chi connectivity index (χ3n) is 3.03. The van der Waals surface area contributed by atoms with Crippen LogP contribution in [0.1, 0.15) is 17.2 Å². The maximum Gasteiger partial charge on any atom is 0.131 e. The van der Waals surface area contributed by atoms with E-state index in [-0.39, 0.29) is 5.56 Å². The second-order valence-corrected chi connectivity index (χ2v) is 4.10. The van der Waals surface area contributed by atoms with Gasteiger partial charge in [-0.25, -0.2) is 8.78 Å². The first-order valence-electron chi connectivity index (χ1n) is 5.93. The smallest absolute Gasteiger partial charge is 0.131 e. The lowest BCUT2D eigenvalue weighted by Gasteiger charge is -2.20. The average molecular weight is 263 g/mol. The van der Waals surface area contributed by atoms with Crippen LogP contribution in [0.15, 0.2) is 42.5 Å². The number of benzene rings is 2. The molecule has 1 atom stereocenters. The molecule has 0 saturated heterocycles. The molecule has 0 radical (unpaired) electrons. The minimum absolute atomic E-state index is 0.00509. The molecule has 0 aliphatic carbocycles. The van der Waals surface area contributed by atoms with Gasteiger partial charge in [-0.2, -0.15) is 0 Å². The van der Waals surface area contributed by atoms with Crippen LogP contribution in [0.2, 0.25) is 0 Å². The highest BCUT2D eigenvalue weighted by molar-refractivity contribution is 5.42. The summed E-state index contributed by atoms with van der Waals surface area (Å²) in [4.78, 5) is 0. The molecule has 0 saturated carbocycles. The number of rotatable bonds is 4. The number of ether oxygens (including phenoxy) is 1. The van der Waals surface area contributed by atoms with Crippen LogP contribution in [0.3, 0.4) is 0 Å². The zero-order chi connectivity index (χ0) is 13.8. The zero-order valence-corrected chi connectivity index (χ0v) is 10.8. The van der Waals surface area contributed by atoms with Crippen LogP contribution >= 0.6 is 0 Å². The molecule has 1 unspecified atom stereocenters. The van der Waals surface area contributed by atoms with Gasteiger partial charge >= 0.3 is 0 Å². The van der Waals surface area contributed by atoms with Gasteiger partial charge in [-0.15, -0.1) is 0 Å². The van der Waals surface area contributed by atoms with Gasteiger partial charge in [0.1, 0.15) is 17.4 Å². The maximum atomic E-state index is 13.9. The molecule has 100 valence electrons. The van der Waals surface area contributed by atoms with Crippen molar-refractivity contribution >= 4 is 0 Å². The van der Waals surface area contributed by atoms with E-state index >= 15 is 0 Å². The van der Waals surface area contributed by atoms with Gasteiger partial charge in [0.05, 0.1) is 13.2 Å². The monoisotopic (exact) mass is 263 g/mol. The molecule has 0 bridgehead atoms. The summed E-state index contributed by atoms with van der Waals surface area (Å²) in [5.74, 6) is -0.569. The Morgan fingerprint density at radius 3 is 2.21 bits per heavy atom. The third-order valence-corrected chi connectivity index (χ3v) is 3.03. The molecule has 19 heavy (non-hydrogen) atoms. The fourth-order valence-electron chi connectivity index (χ4n) is 2.15. The van der Waals surface area contributed by atoms with Gasteiger partial charge in [0.25, 0.3) is 0 Å². The van der Waals surface area contributed by atoms with E-state index in [0.29, 0.717) is 11.3 Å². The van der Waals surface area contributed by atoms with E-state index in [1.54, 1.807) is 25.2 Å². The summed E-state index contributed by atoms with van der Waals surface area (Å²) in [5, 5.41) is 2.93. The van der Waals surface area contributed by atoms with Crippen molar-refractivity contribution in [1.82, 2.24) is 5.32 Å². The molecule has 2 aromatic rings. The highest BCUT2D eigenvalue weighted by Crippen LogP contribution is 2.32. The predicted octanol–water partition coefficient (Wildman–Crippen LogP) is 3.28. The number of para-hydroxylation sites is 1. The summed E-state index contributed by atoms with van der Waals surface area (Å²) < 4.78 is 33.0. The molecule has 0 aromatic heterocycles. The van der Waals surface area contributed by atoms with Gasteiger partial charge in [-0.05, 0) is 25.2 Å². The van der Waals surface area contributed by atoms with E-state index in [1.807, 2.05) is 6.07 Å². The highest BCUT2D eigenvalue weighted by atomic mass is 19.1. The van der Waals surface area contributed by atoms with Crippen molar-refractivity contribution in [2.75, 3.05) is 14.2 Å². The van der Waals surface area contributed by atoms with Crippen LogP contribution in [0, 0.1) is 11.6 Å². The molecule has 0 spiro atoms. The van der Waals surface area contributed by atoms with Gasteiger partial charge in [-0.3, -0.25) is 0 Å². The van der Waals surface area contributed by atoms with Crippen LogP contribution in [0.4, 0.5) is 8.78 Å². The first kappa shape index (κ1) is 13.5. The molecule has 4 heteroatoms. The molecule has 0 aliphatic rings. The van der Waals surface area contributed by atoms with E-state index < -0.39 is 17.7 Å². The summed E-state index contributed by atoms with van der Waals surface area (Å²) in [7, 11) is 3.19. The predicted molar refractivity (Wildman–Crippen MR) is 70.3 cm³/mol. The van der Waals surface area contributed by atoms with E-state index in [0.717, 1.165) is 0 Å². The summed E-state index contributed by atoms with van der Waals surface area (Å²) in [6.07, 6.45) is 0. The largest absolute Gasteiger partial charge is 0.496 e. The summed E-state index contributed by atoms with van der Waals surface area (Å²) >= 11 is 0. The Kier molecular flexibility index (Phi) is 4.12. The Bertz CT molecular complexity index is 552. The van der Waals surface area contributed by atoms with Crippen molar-refractivity contribution in [2.45, 2.75) is 6.04 Å². The number of halogens is 2. The lowest BCUT2D eigenvalue weighted by molar-refractivity contribution is 0.403. The van der Waals surface area contributed by atoms with Crippen molar-refractivity contribution in [3.8, 4) is 5.75 Å². The van der Waals surface area contributed by atoms with Gasteiger partial charge in [-0.1, -0.05) is 24.3 Å². The summed E-state index contributed by atoms with van der Waals surface area (Å²) in [5.41, 5.74) is 0.686. The number of hydrogen-bond donors (Lipinski definition) is 1. The number of nitrogens with one attached hydrogen (secondary N) is 1. The molecular formula is C15H15F2NO. The lowest BCUT2D eigenvalue weighted by atomic mass is 9.97. The fourth-order valence-corrected chi connectivity index (χ4v) is 2.15. The minimum Gasteiger partial charge on any atom is -0.496 e. The van der Waals surface area contributed by atoms with E-state index in [2.05, 4.69) is 5.32 Å². The Hall–Kier alpha value is -1.94. The van der Waals surface area contributed by atoms with Gasteiger partial charge in [0, 0.05) is 11.1 Å². The van der Waals surface area contributed by atoms with Crippen LogP contribution in [0.25, 0.3) is 0 Å². The Balaban J connectivity index is 2.57. The van der Waals surface area contributed by atoms with Gasteiger partial charge in [0.2, 0.25) is 0 Å². The van der Waals surface area contributed by atoms with Crippen LogP contribution < -0.4 is 10.1 Å². The van der Waals surface area contributed by atoms with E-state index in [9.17, 15) is 8.78 Å². The van der Waals surface area contributed by atoms with Crippen LogP contribution in [-0.2, 0) is 0 Å². The molecule has 2 rings (SSSR count). The standard InChI is InChI=1S/C15H15F2NO/c1-18-15(10-6-3-4-9-13(10)19-2)14-11(16)7-5-8-12(14)17/h3-9,15,18H,1-2H3. The highest BCUT2D eigenvalue weighted by Gasteiger charge is 2.22. The molecule has 0 amide bonds. The molecule has 0 aliphatic heterocycles. The molecule has 1 N–H and O–H groups in total. The van der Waals surface area contributed by atoms with Crippen molar-refractivity contribution in [1.29, 1.82) is 0 Å². The fraction of sp³-hybridized carbons (Fsp3) is 0.200. The van der Waals surface area contributed by atoms with Crippen LogP contribution in [-0.4, -0.2) is 14.2 Å². The van der Waals surface area contributed by atoms with E-state index in [1.165, 1.54) is 25.3 Å². The number of methoxy groups -OCH3 is 1. The summed E-state index contributed by atoms with van der Waals surface area (Å²) in [6.45, 7) is 0. The molecule has 2 aromatic carbocycles. The van der Waals surface area contributed by atoms with Crippen molar-refractivity contribution < 1.29 is 13.5 Å². The molecule has 0 fully saturated rings. The van der Waals surface area contributed by atoms with Gasteiger partial charge < -0.3 is 10.1 Å². The maximum absolute atomic E-state index is 13.9. The van der Waals surface area contributed by atoms with Crippen molar-refractivity contribution in [2.24, 2.45) is 0 Å². The lowest BCUT2D eigenvalue weighted by Crippen LogP contribution is -2.21. The minimum atomic E-state index is -0.600. The quantitative estimate of drug-likeness (QED) is 0.914. The summed E-state index contributed by atoms with van der Waals surface area (Å²) in [6, 6.07) is 10.4. The first-order valence-corrected chi connectivity index (χ1v) is 5.93. The van der Waals surface area contributed by atoms with E-state index in [4.69, 9.17) is 4.74 Å². The zero-order valence-electron chi connectivity index (χ0n) is 10.8.